The van der Waals surface area contributed by atoms with Crippen molar-refractivity contribution in [2.24, 2.45) is 5.10 Å². The highest BCUT2D eigenvalue weighted by Crippen LogP contribution is 2.53. The Bertz CT molecular complexity index is 941. The fraction of sp³-hybridized carbons (Fsp3) is 0.286. The molecule has 2 aromatic rings. The molecule has 0 unspecified atom stereocenters. The summed E-state index contributed by atoms with van der Waals surface area (Å²) in [6.45, 7) is 0. The second-order valence-electron chi connectivity index (χ2n) is 5.49. The van der Waals surface area contributed by atoms with Gasteiger partial charge in [0.1, 0.15) is 5.71 Å². The third-order valence-corrected chi connectivity index (χ3v) is 3.48. The molecule has 0 fully saturated rings. The van der Waals surface area contributed by atoms with Crippen LogP contribution in [0.1, 0.15) is 11.3 Å². The van der Waals surface area contributed by atoms with Gasteiger partial charge in [0.15, 0.2) is 11.5 Å². The van der Waals surface area contributed by atoms with E-state index in [1.807, 2.05) is 0 Å². The maximum atomic E-state index is 13.6. The first kappa shape index (κ1) is 23.0. The van der Waals surface area contributed by atoms with Crippen LogP contribution in [0.15, 0.2) is 40.1 Å². The van der Waals surface area contributed by atoms with Crippen LogP contribution in [0.3, 0.4) is 0 Å². The molecule has 1 heterocycles. The maximum Gasteiger partial charge on any atom is 0.460 e. The van der Waals surface area contributed by atoms with Gasteiger partial charge in [-0.3, -0.25) is 4.79 Å². The third kappa shape index (κ3) is 3.76. The number of hydrogen-bond acceptors (Lipinski definition) is 6. The molecule has 0 saturated heterocycles. The summed E-state index contributed by atoms with van der Waals surface area (Å²) in [5.41, 5.74) is 5.13. The number of halogens is 9. The van der Waals surface area contributed by atoms with Crippen molar-refractivity contribution in [3.8, 4) is 0 Å². The van der Waals surface area contributed by atoms with Crippen molar-refractivity contribution in [2.45, 2.75) is 23.9 Å². The minimum atomic E-state index is -7.23. The summed E-state index contributed by atoms with van der Waals surface area (Å²) in [6, 6.07) is 6.75. The van der Waals surface area contributed by atoms with Gasteiger partial charge in [-0.2, -0.15) is 44.6 Å². The summed E-state index contributed by atoms with van der Waals surface area (Å²) in [6.07, 6.45) is -7.07. The minimum Gasteiger partial charge on any atom is -0.379 e. The standard InChI is InChI=1S/C14H8F9N5O2/c15-11(16,12(17,18)13(19,20)14(21,22)23)10(29)26-25-7(6-4-2-1-3-5-6)8-9(24)28-30-27-8/h1-5H,(H2,24,28)(H,26,29)/b25-7+. The number of rotatable bonds is 6. The van der Waals surface area contributed by atoms with E-state index in [-0.39, 0.29) is 5.56 Å². The number of amides is 1. The number of carbonyl (C=O) groups is 1. The van der Waals surface area contributed by atoms with Crippen LogP contribution in [0.5, 0.6) is 0 Å². The average molecular weight is 449 g/mol. The first-order valence-electron chi connectivity index (χ1n) is 7.36. The quantitative estimate of drug-likeness (QED) is 0.401. The van der Waals surface area contributed by atoms with Crippen LogP contribution in [0.2, 0.25) is 0 Å². The van der Waals surface area contributed by atoms with Crippen LogP contribution in [0, 0.1) is 0 Å². The Labute approximate surface area is 159 Å². The van der Waals surface area contributed by atoms with E-state index in [4.69, 9.17) is 5.73 Å². The topological polar surface area (TPSA) is 106 Å². The Balaban J connectivity index is 2.43. The second-order valence-corrected chi connectivity index (χ2v) is 5.49. The molecule has 0 spiro atoms. The fourth-order valence-electron chi connectivity index (χ4n) is 1.90. The normalized spacial score (nSPS) is 14.0. The predicted molar refractivity (Wildman–Crippen MR) is 79.8 cm³/mol. The summed E-state index contributed by atoms with van der Waals surface area (Å²) in [4.78, 5) is 11.4. The lowest BCUT2D eigenvalue weighted by atomic mass is 10.0. The molecule has 164 valence electrons. The van der Waals surface area contributed by atoms with E-state index in [1.54, 1.807) is 0 Å². The largest absolute Gasteiger partial charge is 0.460 e. The zero-order valence-corrected chi connectivity index (χ0v) is 14.0. The van der Waals surface area contributed by atoms with Gasteiger partial charge in [0, 0.05) is 5.56 Å². The summed E-state index contributed by atoms with van der Waals surface area (Å²) < 4.78 is 120. The number of nitrogens with one attached hydrogen (secondary N) is 1. The molecule has 1 amide bonds. The summed E-state index contributed by atoms with van der Waals surface area (Å²) in [5, 5.41) is 9.45. The number of carbonyl (C=O) groups excluding carboxylic acids is 1. The van der Waals surface area contributed by atoms with E-state index >= 15 is 0 Å². The van der Waals surface area contributed by atoms with Crippen LogP contribution in [0.4, 0.5) is 45.3 Å². The molecule has 0 atom stereocenters. The highest BCUT2D eigenvalue weighted by atomic mass is 19.4. The van der Waals surface area contributed by atoms with Crippen molar-refractivity contribution in [1.82, 2.24) is 15.7 Å². The van der Waals surface area contributed by atoms with Gasteiger partial charge in [-0.15, -0.1) is 0 Å². The van der Waals surface area contributed by atoms with Crippen molar-refractivity contribution >= 4 is 17.4 Å². The van der Waals surface area contributed by atoms with Crippen molar-refractivity contribution in [3.63, 3.8) is 0 Å². The van der Waals surface area contributed by atoms with Gasteiger partial charge in [0.25, 0.3) is 0 Å². The second kappa shape index (κ2) is 7.49. The first-order chi connectivity index (χ1) is 13.6. The van der Waals surface area contributed by atoms with E-state index in [2.05, 4.69) is 20.0 Å². The number of alkyl halides is 9. The Morgan fingerprint density at radius 2 is 1.50 bits per heavy atom. The molecule has 7 nitrogen and oxygen atoms in total. The number of anilines is 1. The molecular weight excluding hydrogens is 441 g/mol. The van der Waals surface area contributed by atoms with Gasteiger partial charge >= 0.3 is 29.9 Å². The highest BCUT2D eigenvalue weighted by Gasteiger charge is 2.83. The third-order valence-electron chi connectivity index (χ3n) is 3.48. The van der Waals surface area contributed by atoms with E-state index in [0.29, 0.717) is 0 Å². The number of nitrogen functional groups attached to an aromatic ring is 1. The fourth-order valence-corrected chi connectivity index (χ4v) is 1.90. The van der Waals surface area contributed by atoms with Gasteiger partial charge < -0.3 is 5.73 Å². The van der Waals surface area contributed by atoms with Gasteiger partial charge in [-0.05, 0) is 10.3 Å². The van der Waals surface area contributed by atoms with Crippen molar-refractivity contribution in [2.75, 3.05) is 5.73 Å². The molecular formula is C14H8F9N5O2. The Kier molecular flexibility index (Phi) is 5.73. The molecule has 2 rings (SSSR count). The van der Waals surface area contributed by atoms with Crippen molar-refractivity contribution < 1.29 is 48.9 Å². The molecule has 30 heavy (non-hydrogen) atoms. The van der Waals surface area contributed by atoms with Crippen LogP contribution >= 0.6 is 0 Å². The van der Waals surface area contributed by atoms with Crippen LogP contribution in [0.25, 0.3) is 0 Å². The minimum absolute atomic E-state index is 0.0177. The molecule has 1 aromatic carbocycles. The molecule has 0 aliphatic rings. The van der Waals surface area contributed by atoms with E-state index in [1.165, 1.54) is 30.3 Å². The van der Waals surface area contributed by atoms with Gasteiger partial charge in [0.2, 0.25) is 0 Å². The Hall–Kier alpha value is -3.33. The van der Waals surface area contributed by atoms with Gasteiger partial charge in [0.05, 0.1) is 0 Å². The molecule has 0 aliphatic carbocycles. The molecule has 0 bridgehead atoms. The number of aromatic nitrogens is 2. The summed E-state index contributed by atoms with van der Waals surface area (Å²) in [7, 11) is 0. The number of nitrogens with zero attached hydrogens (tertiary/aromatic N) is 3. The molecule has 0 aliphatic heterocycles. The van der Waals surface area contributed by atoms with Crippen LogP contribution in [-0.2, 0) is 4.79 Å². The first-order valence-corrected chi connectivity index (χ1v) is 7.36. The van der Waals surface area contributed by atoms with Gasteiger partial charge in [-0.25, -0.2) is 10.1 Å². The van der Waals surface area contributed by atoms with Crippen molar-refractivity contribution in [1.29, 1.82) is 0 Å². The molecule has 16 heteroatoms. The SMILES string of the molecule is Nc1nonc1/C(=N/NC(=O)C(F)(F)C(F)(F)C(F)(F)C(F)(F)F)c1ccccc1. The molecule has 3 N–H and O–H groups in total. The molecule has 0 saturated carbocycles. The number of benzene rings is 1. The Morgan fingerprint density at radius 1 is 0.933 bits per heavy atom. The lowest BCUT2D eigenvalue weighted by Crippen LogP contribution is -2.65. The van der Waals surface area contributed by atoms with E-state index < -0.39 is 47.1 Å². The van der Waals surface area contributed by atoms with Crippen molar-refractivity contribution in [3.05, 3.63) is 41.6 Å². The monoisotopic (exact) mass is 449 g/mol. The maximum absolute atomic E-state index is 13.6. The predicted octanol–water partition coefficient (Wildman–Crippen LogP) is 2.99. The number of hydrogen-bond donors (Lipinski definition) is 2. The van der Waals surface area contributed by atoms with Crippen LogP contribution < -0.4 is 11.2 Å². The smallest absolute Gasteiger partial charge is 0.379 e. The Morgan fingerprint density at radius 3 is 1.97 bits per heavy atom. The summed E-state index contributed by atoms with van der Waals surface area (Å²) in [5.74, 6) is -24.6. The lowest BCUT2D eigenvalue weighted by Gasteiger charge is -2.32. The van der Waals surface area contributed by atoms with Gasteiger partial charge in [-0.1, -0.05) is 30.3 Å². The molecule has 1 aromatic heterocycles. The zero-order valence-electron chi connectivity index (χ0n) is 14.0. The average Bonchev–Trinajstić information content (AvgIpc) is 3.07. The summed E-state index contributed by atoms with van der Waals surface area (Å²) >= 11 is 0. The zero-order chi connectivity index (χ0) is 23.0. The highest BCUT2D eigenvalue weighted by molar-refractivity contribution is 6.14. The lowest BCUT2D eigenvalue weighted by molar-refractivity contribution is -0.388. The number of nitrogens with two attached hydrogens (primary N) is 1. The number of hydrazone groups is 1. The van der Waals surface area contributed by atoms with Crippen LogP contribution in [-0.4, -0.2) is 45.9 Å². The van der Waals surface area contributed by atoms with E-state index in [0.717, 1.165) is 5.43 Å². The van der Waals surface area contributed by atoms with E-state index in [9.17, 15) is 44.3 Å². The molecule has 0 radical (unpaired) electrons.